The van der Waals surface area contributed by atoms with Gasteiger partial charge in [-0.2, -0.15) is 0 Å². The molecule has 28 heavy (non-hydrogen) atoms. The molecule has 0 bridgehead atoms. The van der Waals surface area contributed by atoms with Crippen molar-refractivity contribution in [1.82, 2.24) is 0 Å². The first-order chi connectivity index (χ1) is 13.0. The van der Waals surface area contributed by atoms with Gasteiger partial charge in [0.05, 0.1) is 17.0 Å². The van der Waals surface area contributed by atoms with E-state index in [2.05, 4.69) is 5.32 Å². The quantitative estimate of drug-likeness (QED) is 0.644. The molecule has 0 fully saturated rings. The third-order valence-electron chi connectivity index (χ3n) is 4.01. The van der Waals surface area contributed by atoms with Gasteiger partial charge in [-0.25, -0.2) is 8.42 Å². The molecule has 0 spiro atoms. The molecule has 6 nitrogen and oxygen atoms in total. The molecule has 9 heteroatoms. The standard InChI is InChI=1S/C19H20Cl2N2O4S/c1-4-17(19(25)22-15-7-5-6-13(10-15)12(2)24)23(28(3,26)27)18-11-14(20)8-9-16(18)21/h5-11,17H,4H2,1-3H3,(H,22,25)/t17-/m1/s1. The Hall–Kier alpha value is -2.09. The van der Waals surface area contributed by atoms with Crippen molar-refractivity contribution in [1.29, 1.82) is 0 Å². The minimum atomic E-state index is -3.85. The topological polar surface area (TPSA) is 83.6 Å². The van der Waals surface area contributed by atoms with Gasteiger partial charge in [0.2, 0.25) is 15.9 Å². The molecular formula is C19H20Cl2N2O4S. The van der Waals surface area contributed by atoms with Crippen LogP contribution >= 0.6 is 23.2 Å². The summed E-state index contributed by atoms with van der Waals surface area (Å²) < 4.78 is 26.0. The number of carbonyl (C=O) groups is 2. The monoisotopic (exact) mass is 442 g/mol. The van der Waals surface area contributed by atoms with Gasteiger partial charge in [0.15, 0.2) is 5.78 Å². The predicted octanol–water partition coefficient (Wildman–Crippen LogP) is 4.38. The number of nitrogens with zero attached hydrogens (tertiary/aromatic N) is 1. The number of hydrogen-bond donors (Lipinski definition) is 1. The number of ketones is 1. The highest BCUT2D eigenvalue weighted by Gasteiger charge is 2.33. The fourth-order valence-electron chi connectivity index (χ4n) is 2.73. The van der Waals surface area contributed by atoms with Gasteiger partial charge in [-0.3, -0.25) is 13.9 Å². The summed E-state index contributed by atoms with van der Waals surface area (Å²) in [7, 11) is -3.85. The molecule has 1 N–H and O–H groups in total. The van der Waals surface area contributed by atoms with Gasteiger partial charge < -0.3 is 5.32 Å². The minimum absolute atomic E-state index is 0.121. The van der Waals surface area contributed by atoms with E-state index in [0.29, 0.717) is 11.3 Å². The highest BCUT2D eigenvalue weighted by atomic mass is 35.5. The number of nitrogens with one attached hydrogen (secondary N) is 1. The number of halogens is 2. The lowest BCUT2D eigenvalue weighted by Gasteiger charge is -2.30. The zero-order valence-corrected chi connectivity index (χ0v) is 17.9. The Morgan fingerprint density at radius 1 is 1.14 bits per heavy atom. The van der Waals surface area contributed by atoms with Crippen LogP contribution in [0.1, 0.15) is 30.6 Å². The van der Waals surface area contributed by atoms with Crippen LogP contribution in [0.2, 0.25) is 10.0 Å². The van der Waals surface area contributed by atoms with E-state index in [0.717, 1.165) is 10.6 Å². The largest absolute Gasteiger partial charge is 0.324 e. The highest BCUT2D eigenvalue weighted by Crippen LogP contribution is 2.33. The van der Waals surface area contributed by atoms with Gasteiger partial charge in [-0.05, 0) is 43.7 Å². The highest BCUT2D eigenvalue weighted by molar-refractivity contribution is 7.92. The maximum Gasteiger partial charge on any atom is 0.248 e. The Morgan fingerprint density at radius 3 is 2.39 bits per heavy atom. The van der Waals surface area contributed by atoms with Crippen molar-refractivity contribution in [2.75, 3.05) is 15.9 Å². The molecule has 2 aromatic rings. The molecule has 0 radical (unpaired) electrons. The zero-order valence-electron chi connectivity index (χ0n) is 15.6. The number of rotatable bonds is 7. The second-order valence-corrected chi connectivity index (χ2v) is 8.91. The minimum Gasteiger partial charge on any atom is -0.324 e. The van der Waals surface area contributed by atoms with Crippen molar-refractivity contribution in [3.8, 4) is 0 Å². The van der Waals surface area contributed by atoms with E-state index >= 15 is 0 Å². The SMILES string of the molecule is CC[C@H](C(=O)Nc1cccc(C(C)=O)c1)N(c1cc(Cl)ccc1Cl)S(C)(=O)=O. The summed E-state index contributed by atoms with van der Waals surface area (Å²) in [4.78, 5) is 24.4. The Kier molecular flexibility index (Phi) is 7.09. The number of amides is 1. The van der Waals surface area contributed by atoms with Gasteiger partial charge in [0.1, 0.15) is 6.04 Å². The zero-order chi connectivity index (χ0) is 21.1. The van der Waals surface area contributed by atoms with E-state index in [9.17, 15) is 18.0 Å². The third-order valence-corrected chi connectivity index (χ3v) is 5.73. The van der Waals surface area contributed by atoms with Gasteiger partial charge in [-0.1, -0.05) is 42.3 Å². The number of sulfonamides is 1. The van der Waals surface area contributed by atoms with E-state index in [1.54, 1.807) is 25.1 Å². The average Bonchev–Trinajstić information content (AvgIpc) is 2.61. The van der Waals surface area contributed by atoms with E-state index < -0.39 is 22.0 Å². The van der Waals surface area contributed by atoms with Crippen molar-refractivity contribution in [3.05, 3.63) is 58.1 Å². The van der Waals surface area contributed by atoms with Crippen molar-refractivity contribution in [2.24, 2.45) is 0 Å². The smallest absolute Gasteiger partial charge is 0.248 e. The molecule has 0 aliphatic carbocycles. The van der Waals surface area contributed by atoms with Crippen LogP contribution in [-0.2, 0) is 14.8 Å². The summed E-state index contributed by atoms with van der Waals surface area (Å²) in [5.41, 5.74) is 0.946. The summed E-state index contributed by atoms with van der Waals surface area (Å²) in [6.07, 6.45) is 1.19. The van der Waals surface area contributed by atoms with Crippen LogP contribution in [-0.4, -0.2) is 32.4 Å². The molecule has 0 heterocycles. The molecule has 1 atom stereocenters. The molecule has 2 rings (SSSR count). The van der Waals surface area contributed by atoms with E-state index in [1.165, 1.54) is 31.2 Å². The van der Waals surface area contributed by atoms with Gasteiger partial charge >= 0.3 is 0 Å². The number of hydrogen-bond acceptors (Lipinski definition) is 4. The van der Waals surface area contributed by atoms with Crippen LogP contribution in [0, 0.1) is 0 Å². The summed E-state index contributed by atoms with van der Waals surface area (Å²) in [6.45, 7) is 3.11. The molecule has 0 aliphatic heterocycles. The molecule has 0 aliphatic rings. The molecular weight excluding hydrogens is 423 g/mol. The maximum atomic E-state index is 12.9. The Balaban J connectivity index is 2.44. The Labute approximate surface area is 174 Å². The molecule has 1 amide bonds. The number of anilines is 2. The van der Waals surface area contributed by atoms with Crippen LogP contribution in [0.3, 0.4) is 0 Å². The van der Waals surface area contributed by atoms with E-state index in [-0.39, 0.29) is 27.9 Å². The second-order valence-electron chi connectivity index (χ2n) is 6.20. The first-order valence-corrected chi connectivity index (χ1v) is 11.0. The summed E-state index contributed by atoms with van der Waals surface area (Å²) in [6, 6.07) is 9.75. The molecule has 2 aromatic carbocycles. The lowest BCUT2D eigenvalue weighted by Crippen LogP contribution is -2.47. The van der Waals surface area contributed by atoms with Crippen LogP contribution in [0.15, 0.2) is 42.5 Å². The fourth-order valence-corrected chi connectivity index (χ4v) is 4.37. The van der Waals surface area contributed by atoms with Gasteiger partial charge in [-0.15, -0.1) is 0 Å². The van der Waals surface area contributed by atoms with Gasteiger partial charge in [0, 0.05) is 16.3 Å². The van der Waals surface area contributed by atoms with Crippen molar-refractivity contribution < 1.29 is 18.0 Å². The van der Waals surface area contributed by atoms with Crippen LogP contribution in [0.4, 0.5) is 11.4 Å². The fraction of sp³-hybridized carbons (Fsp3) is 0.263. The van der Waals surface area contributed by atoms with Crippen LogP contribution < -0.4 is 9.62 Å². The van der Waals surface area contributed by atoms with E-state index in [1.807, 2.05) is 0 Å². The first kappa shape index (κ1) is 22.2. The van der Waals surface area contributed by atoms with Crippen molar-refractivity contribution in [2.45, 2.75) is 26.3 Å². The number of Topliss-reactive ketones (excluding diaryl/α,β-unsaturated/α-hetero) is 1. The van der Waals surface area contributed by atoms with Crippen molar-refractivity contribution >= 4 is 56.3 Å². The predicted molar refractivity (Wildman–Crippen MR) is 113 cm³/mol. The maximum absolute atomic E-state index is 12.9. The first-order valence-electron chi connectivity index (χ1n) is 8.41. The third kappa shape index (κ3) is 5.25. The molecule has 0 unspecified atom stereocenters. The van der Waals surface area contributed by atoms with Crippen LogP contribution in [0.25, 0.3) is 0 Å². The normalized spacial score (nSPS) is 12.3. The second kappa shape index (κ2) is 8.94. The lowest BCUT2D eigenvalue weighted by molar-refractivity contribution is -0.117. The van der Waals surface area contributed by atoms with Crippen LogP contribution in [0.5, 0.6) is 0 Å². The molecule has 0 saturated heterocycles. The summed E-state index contributed by atoms with van der Waals surface area (Å²) in [5, 5.41) is 3.11. The lowest BCUT2D eigenvalue weighted by atomic mass is 10.1. The summed E-state index contributed by atoms with van der Waals surface area (Å²) >= 11 is 12.2. The molecule has 0 aromatic heterocycles. The Bertz CT molecular complexity index is 1010. The number of carbonyl (C=O) groups excluding carboxylic acids is 2. The van der Waals surface area contributed by atoms with Gasteiger partial charge in [0.25, 0.3) is 0 Å². The average molecular weight is 443 g/mol. The molecule has 0 saturated carbocycles. The number of benzene rings is 2. The van der Waals surface area contributed by atoms with E-state index in [4.69, 9.17) is 23.2 Å². The Morgan fingerprint density at radius 2 is 1.82 bits per heavy atom. The van der Waals surface area contributed by atoms with Crippen molar-refractivity contribution in [3.63, 3.8) is 0 Å². The molecule has 150 valence electrons. The summed E-state index contributed by atoms with van der Waals surface area (Å²) in [5.74, 6) is -0.698.